The second-order valence-electron chi connectivity index (χ2n) is 4.03. The van der Waals surface area contributed by atoms with Gasteiger partial charge < -0.3 is 5.73 Å². The zero-order valence-corrected chi connectivity index (χ0v) is 10.8. The Kier molecular flexibility index (Phi) is 3.45. The number of thiocarbonyl (C=S) groups is 1. The van der Waals surface area contributed by atoms with Gasteiger partial charge in [-0.25, -0.2) is 8.42 Å². The van der Waals surface area contributed by atoms with E-state index in [0.29, 0.717) is 18.1 Å². The van der Waals surface area contributed by atoms with E-state index in [4.69, 9.17) is 18.0 Å². The first kappa shape index (κ1) is 12.5. The summed E-state index contributed by atoms with van der Waals surface area (Å²) >= 11 is 4.93. The van der Waals surface area contributed by atoms with E-state index in [1.54, 1.807) is 0 Å². The molecule has 1 saturated heterocycles. The third kappa shape index (κ3) is 2.48. The van der Waals surface area contributed by atoms with Crippen LogP contribution in [0.25, 0.3) is 0 Å². The number of nitrogens with one attached hydrogen (secondary N) is 1. The van der Waals surface area contributed by atoms with Crippen molar-refractivity contribution in [2.45, 2.75) is 17.9 Å². The number of aromatic nitrogens is 2. The molecule has 0 aliphatic carbocycles. The Hall–Kier alpha value is -0.990. The van der Waals surface area contributed by atoms with Crippen LogP contribution in [0.4, 0.5) is 0 Å². The summed E-state index contributed by atoms with van der Waals surface area (Å²) in [4.78, 5) is 0.384. The highest BCUT2D eigenvalue weighted by Crippen LogP contribution is 2.22. The van der Waals surface area contributed by atoms with Crippen LogP contribution in [-0.4, -0.2) is 41.0 Å². The third-order valence-electron chi connectivity index (χ3n) is 2.88. The molecule has 1 aliphatic rings. The average Bonchev–Trinajstić information content (AvgIpc) is 2.83. The van der Waals surface area contributed by atoms with Crippen LogP contribution in [0, 0.1) is 5.92 Å². The first-order chi connectivity index (χ1) is 8.01. The van der Waals surface area contributed by atoms with Gasteiger partial charge in [-0.3, -0.25) is 5.10 Å². The number of hydrogen-bond donors (Lipinski definition) is 2. The number of sulfonamides is 1. The summed E-state index contributed by atoms with van der Waals surface area (Å²) in [6.07, 6.45) is 3.04. The normalized spacial score (nSPS) is 22.5. The van der Waals surface area contributed by atoms with Crippen LogP contribution in [0.15, 0.2) is 17.3 Å². The van der Waals surface area contributed by atoms with Gasteiger partial charge in [-0.2, -0.15) is 9.40 Å². The number of nitrogens with two attached hydrogens (primary N) is 1. The summed E-state index contributed by atoms with van der Waals surface area (Å²) in [7, 11) is -3.49. The molecule has 1 fully saturated rings. The minimum Gasteiger partial charge on any atom is -0.393 e. The maximum absolute atomic E-state index is 12.2. The summed E-state index contributed by atoms with van der Waals surface area (Å²) in [6, 6.07) is 1.44. The van der Waals surface area contributed by atoms with Crippen LogP contribution in [-0.2, 0) is 10.0 Å². The Morgan fingerprint density at radius 1 is 1.65 bits per heavy atom. The van der Waals surface area contributed by atoms with E-state index in [1.165, 1.54) is 16.6 Å². The molecule has 2 heterocycles. The molecule has 1 atom stereocenters. The molecule has 2 rings (SSSR count). The Morgan fingerprint density at radius 3 is 3.00 bits per heavy atom. The minimum atomic E-state index is -3.49. The number of rotatable bonds is 3. The van der Waals surface area contributed by atoms with Gasteiger partial charge in [0.1, 0.15) is 0 Å². The largest absolute Gasteiger partial charge is 0.393 e. The average molecular weight is 274 g/mol. The lowest BCUT2D eigenvalue weighted by atomic mass is 10.0. The maximum atomic E-state index is 12.2. The molecule has 1 aliphatic heterocycles. The van der Waals surface area contributed by atoms with E-state index in [0.717, 1.165) is 12.8 Å². The second kappa shape index (κ2) is 4.71. The molecule has 94 valence electrons. The number of nitrogens with zero attached hydrogens (tertiary/aromatic N) is 2. The Balaban J connectivity index is 2.20. The van der Waals surface area contributed by atoms with E-state index in [1.807, 2.05) is 0 Å². The topological polar surface area (TPSA) is 92.1 Å². The van der Waals surface area contributed by atoms with E-state index in [2.05, 4.69) is 10.2 Å². The van der Waals surface area contributed by atoms with Crippen LogP contribution in [0.3, 0.4) is 0 Å². The number of H-pyrrole nitrogens is 1. The standard InChI is InChI=1S/C9H14N4O2S2/c10-9(16)7-2-1-5-13(6-7)17(14,15)8-3-4-11-12-8/h3-4,7H,1-2,5-6H2,(H2,10,16)(H,11,12). The predicted molar refractivity (Wildman–Crippen MR) is 66.9 cm³/mol. The zero-order valence-electron chi connectivity index (χ0n) is 9.17. The maximum Gasteiger partial charge on any atom is 0.259 e. The smallest absolute Gasteiger partial charge is 0.259 e. The molecule has 0 bridgehead atoms. The quantitative estimate of drug-likeness (QED) is 0.763. The molecule has 1 aromatic rings. The monoisotopic (exact) mass is 274 g/mol. The fraction of sp³-hybridized carbons (Fsp3) is 0.556. The molecule has 17 heavy (non-hydrogen) atoms. The number of aromatic amines is 1. The van der Waals surface area contributed by atoms with Crippen LogP contribution in [0.1, 0.15) is 12.8 Å². The van der Waals surface area contributed by atoms with Crippen LogP contribution < -0.4 is 5.73 Å². The van der Waals surface area contributed by atoms with Crippen LogP contribution in [0.5, 0.6) is 0 Å². The highest BCUT2D eigenvalue weighted by atomic mass is 32.2. The van der Waals surface area contributed by atoms with Gasteiger partial charge in [0.25, 0.3) is 10.0 Å². The summed E-state index contributed by atoms with van der Waals surface area (Å²) in [5, 5.41) is 6.24. The highest BCUT2D eigenvalue weighted by Gasteiger charge is 2.31. The third-order valence-corrected chi connectivity index (χ3v) is 5.01. The van der Waals surface area contributed by atoms with Gasteiger partial charge in [0.05, 0.1) is 11.2 Å². The molecule has 1 aromatic heterocycles. The van der Waals surface area contributed by atoms with E-state index < -0.39 is 10.0 Å². The summed E-state index contributed by atoms with van der Waals surface area (Å²) in [6.45, 7) is 0.858. The van der Waals surface area contributed by atoms with Gasteiger partial charge in [0.15, 0.2) is 5.03 Å². The minimum absolute atomic E-state index is 0.0311. The van der Waals surface area contributed by atoms with E-state index in [9.17, 15) is 8.42 Å². The molecule has 1 unspecified atom stereocenters. The van der Waals surface area contributed by atoms with Crippen molar-refractivity contribution in [1.29, 1.82) is 0 Å². The zero-order chi connectivity index (χ0) is 12.5. The van der Waals surface area contributed by atoms with Crippen molar-refractivity contribution < 1.29 is 8.42 Å². The van der Waals surface area contributed by atoms with Crippen molar-refractivity contribution in [3.05, 3.63) is 12.3 Å². The van der Waals surface area contributed by atoms with Crippen molar-refractivity contribution in [3.8, 4) is 0 Å². The molecule has 8 heteroatoms. The van der Waals surface area contributed by atoms with Gasteiger partial charge in [-0.1, -0.05) is 12.2 Å². The molecule has 0 radical (unpaired) electrons. The van der Waals surface area contributed by atoms with Crippen molar-refractivity contribution in [2.75, 3.05) is 13.1 Å². The molecule has 6 nitrogen and oxygen atoms in total. The van der Waals surface area contributed by atoms with Gasteiger partial charge >= 0.3 is 0 Å². The SMILES string of the molecule is NC(=S)C1CCCN(S(=O)(=O)c2ccn[nH]2)C1. The lowest BCUT2D eigenvalue weighted by Crippen LogP contribution is -2.43. The first-order valence-electron chi connectivity index (χ1n) is 5.30. The predicted octanol–water partition coefficient (Wildman–Crippen LogP) is 0.0965. The van der Waals surface area contributed by atoms with Crippen molar-refractivity contribution in [1.82, 2.24) is 14.5 Å². The van der Waals surface area contributed by atoms with Crippen LogP contribution in [0.2, 0.25) is 0 Å². The lowest BCUT2D eigenvalue weighted by molar-refractivity contribution is 0.312. The Bertz CT molecular complexity index is 497. The molecule has 0 spiro atoms. The van der Waals surface area contributed by atoms with E-state index in [-0.39, 0.29) is 10.9 Å². The molecular weight excluding hydrogens is 260 g/mol. The fourth-order valence-electron chi connectivity index (χ4n) is 1.92. The summed E-state index contributed by atoms with van der Waals surface area (Å²) < 4.78 is 25.8. The van der Waals surface area contributed by atoms with Gasteiger partial charge in [0, 0.05) is 19.0 Å². The van der Waals surface area contributed by atoms with Gasteiger partial charge in [0.2, 0.25) is 0 Å². The Morgan fingerprint density at radius 2 is 2.41 bits per heavy atom. The second-order valence-corrected chi connectivity index (χ2v) is 6.40. The summed E-state index contributed by atoms with van der Waals surface area (Å²) in [5.74, 6) is -0.0311. The molecule has 0 saturated carbocycles. The van der Waals surface area contributed by atoms with E-state index >= 15 is 0 Å². The van der Waals surface area contributed by atoms with Crippen molar-refractivity contribution >= 4 is 27.2 Å². The highest BCUT2D eigenvalue weighted by molar-refractivity contribution is 7.89. The molecule has 0 amide bonds. The van der Waals surface area contributed by atoms with Gasteiger partial charge in [-0.05, 0) is 18.9 Å². The molecule has 0 aromatic carbocycles. The van der Waals surface area contributed by atoms with Crippen molar-refractivity contribution in [3.63, 3.8) is 0 Å². The molecular formula is C9H14N4O2S2. The van der Waals surface area contributed by atoms with Gasteiger partial charge in [-0.15, -0.1) is 0 Å². The molecule has 3 N–H and O–H groups in total. The van der Waals surface area contributed by atoms with Crippen molar-refractivity contribution in [2.24, 2.45) is 11.7 Å². The fourth-order valence-corrected chi connectivity index (χ4v) is 3.54. The number of hydrogen-bond acceptors (Lipinski definition) is 4. The lowest BCUT2D eigenvalue weighted by Gasteiger charge is -2.30. The Labute approximate surface area is 105 Å². The summed E-state index contributed by atoms with van der Waals surface area (Å²) in [5.41, 5.74) is 5.58. The number of piperidine rings is 1. The first-order valence-corrected chi connectivity index (χ1v) is 7.15. The van der Waals surface area contributed by atoms with Crippen LogP contribution >= 0.6 is 12.2 Å².